The summed E-state index contributed by atoms with van der Waals surface area (Å²) in [7, 11) is 1.60. The van der Waals surface area contributed by atoms with E-state index >= 15 is 0 Å². The first kappa shape index (κ1) is 19.0. The van der Waals surface area contributed by atoms with Crippen LogP contribution in [-0.4, -0.2) is 30.7 Å². The van der Waals surface area contributed by atoms with Gasteiger partial charge < -0.3 is 20.5 Å². The molecule has 0 heterocycles. The van der Waals surface area contributed by atoms with Gasteiger partial charge in [0.25, 0.3) is 0 Å². The van der Waals surface area contributed by atoms with Gasteiger partial charge in [-0.25, -0.2) is 0 Å². The minimum absolute atomic E-state index is 0.0273. The average Bonchev–Trinajstić information content (AvgIpc) is 2.62. The Morgan fingerprint density at radius 3 is 2.56 bits per heavy atom. The van der Waals surface area contributed by atoms with Crippen molar-refractivity contribution in [2.24, 2.45) is 0 Å². The maximum Gasteiger partial charge on any atom is 0.225 e. The van der Waals surface area contributed by atoms with E-state index in [2.05, 4.69) is 10.6 Å². The quantitative estimate of drug-likeness (QED) is 0.655. The molecule has 0 aliphatic rings. The second-order valence-electron chi connectivity index (χ2n) is 6.06. The molecule has 3 N–H and O–H groups in total. The third-order valence-electron chi connectivity index (χ3n) is 3.96. The second-order valence-corrected chi connectivity index (χ2v) is 6.06. The van der Waals surface area contributed by atoms with Crippen molar-refractivity contribution in [1.29, 1.82) is 0 Å². The largest absolute Gasteiger partial charge is 0.497 e. The van der Waals surface area contributed by atoms with Crippen LogP contribution in [0.2, 0.25) is 0 Å². The number of aliphatic hydroxyl groups excluding tert-OH is 1. The maximum absolute atomic E-state index is 12.1. The number of anilines is 1. The van der Waals surface area contributed by atoms with E-state index in [1.165, 1.54) is 5.56 Å². The van der Waals surface area contributed by atoms with Gasteiger partial charge in [-0.3, -0.25) is 4.79 Å². The van der Waals surface area contributed by atoms with Gasteiger partial charge in [0.05, 0.1) is 13.7 Å². The van der Waals surface area contributed by atoms with Crippen molar-refractivity contribution >= 4 is 11.6 Å². The van der Waals surface area contributed by atoms with Gasteiger partial charge in [0.15, 0.2) is 0 Å². The topological polar surface area (TPSA) is 70.6 Å². The molecule has 5 nitrogen and oxygen atoms in total. The first-order valence-corrected chi connectivity index (χ1v) is 8.46. The number of amides is 1. The SMILES string of the molecule is COc1cccc(NC(=O)CC(C)NCCc2ccc(CO)cc2)c1. The lowest BCUT2D eigenvalue weighted by molar-refractivity contribution is -0.116. The third-order valence-corrected chi connectivity index (χ3v) is 3.96. The minimum atomic E-state index is -0.0273. The highest BCUT2D eigenvalue weighted by Crippen LogP contribution is 2.16. The van der Waals surface area contributed by atoms with Crippen LogP contribution in [0.15, 0.2) is 48.5 Å². The first-order chi connectivity index (χ1) is 12.1. The van der Waals surface area contributed by atoms with Gasteiger partial charge in [-0.15, -0.1) is 0 Å². The van der Waals surface area contributed by atoms with Gasteiger partial charge >= 0.3 is 0 Å². The molecule has 25 heavy (non-hydrogen) atoms. The second kappa shape index (κ2) is 9.81. The molecule has 0 aromatic heterocycles. The molecule has 0 bridgehead atoms. The van der Waals surface area contributed by atoms with Crippen molar-refractivity contribution in [2.45, 2.75) is 32.4 Å². The Hall–Kier alpha value is -2.37. The zero-order chi connectivity index (χ0) is 18.1. The van der Waals surface area contributed by atoms with E-state index in [0.29, 0.717) is 6.42 Å². The summed E-state index contributed by atoms with van der Waals surface area (Å²) in [5.41, 5.74) is 2.86. The van der Waals surface area contributed by atoms with Crippen LogP contribution < -0.4 is 15.4 Å². The number of carbonyl (C=O) groups excluding carboxylic acids is 1. The van der Waals surface area contributed by atoms with Gasteiger partial charge in [-0.2, -0.15) is 0 Å². The number of hydrogen-bond acceptors (Lipinski definition) is 4. The summed E-state index contributed by atoms with van der Waals surface area (Å²) >= 11 is 0. The normalized spacial score (nSPS) is 11.8. The predicted molar refractivity (Wildman–Crippen MR) is 99.8 cm³/mol. The van der Waals surface area contributed by atoms with E-state index in [4.69, 9.17) is 9.84 Å². The molecule has 0 aliphatic carbocycles. The van der Waals surface area contributed by atoms with Crippen molar-refractivity contribution in [3.8, 4) is 5.75 Å². The van der Waals surface area contributed by atoms with Crippen molar-refractivity contribution in [3.63, 3.8) is 0 Å². The van der Waals surface area contributed by atoms with E-state index in [0.717, 1.165) is 30.0 Å². The molecule has 2 rings (SSSR count). The molecule has 134 valence electrons. The van der Waals surface area contributed by atoms with Crippen LogP contribution in [0.4, 0.5) is 5.69 Å². The van der Waals surface area contributed by atoms with E-state index in [-0.39, 0.29) is 18.6 Å². The number of methoxy groups -OCH3 is 1. The summed E-state index contributed by atoms with van der Waals surface area (Å²) in [4.78, 5) is 12.1. The van der Waals surface area contributed by atoms with Gasteiger partial charge in [-0.1, -0.05) is 30.3 Å². The molecular formula is C20H26N2O3. The highest BCUT2D eigenvalue weighted by atomic mass is 16.5. The van der Waals surface area contributed by atoms with Gasteiger partial charge in [0, 0.05) is 24.2 Å². The Labute approximate surface area is 149 Å². The van der Waals surface area contributed by atoms with Crippen LogP contribution in [-0.2, 0) is 17.8 Å². The molecule has 1 unspecified atom stereocenters. The lowest BCUT2D eigenvalue weighted by Crippen LogP contribution is -2.32. The number of nitrogens with one attached hydrogen (secondary N) is 2. The van der Waals surface area contributed by atoms with E-state index < -0.39 is 0 Å². The number of aliphatic hydroxyl groups is 1. The number of carbonyl (C=O) groups is 1. The fourth-order valence-corrected chi connectivity index (χ4v) is 2.54. The zero-order valence-electron chi connectivity index (χ0n) is 14.8. The van der Waals surface area contributed by atoms with Crippen LogP contribution in [0.3, 0.4) is 0 Å². The van der Waals surface area contributed by atoms with Crippen molar-refractivity contribution < 1.29 is 14.6 Å². The average molecular weight is 342 g/mol. The molecule has 0 saturated heterocycles. The number of ether oxygens (including phenoxy) is 1. The monoisotopic (exact) mass is 342 g/mol. The molecule has 0 aliphatic heterocycles. The molecular weight excluding hydrogens is 316 g/mol. The smallest absolute Gasteiger partial charge is 0.225 e. The maximum atomic E-state index is 12.1. The number of benzene rings is 2. The minimum Gasteiger partial charge on any atom is -0.497 e. The molecule has 1 amide bonds. The molecule has 0 spiro atoms. The Balaban J connectivity index is 1.71. The molecule has 1 atom stereocenters. The highest BCUT2D eigenvalue weighted by Gasteiger charge is 2.09. The first-order valence-electron chi connectivity index (χ1n) is 8.46. The molecule has 5 heteroatoms. The van der Waals surface area contributed by atoms with E-state index in [1.807, 2.05) is 49.4 Å². The summed E-state index contributed by atoms with van der Waals surface area (Å²) in [5, 5.41) is 15.3. The van der Waals surface area contributed by atoms with Crippen molar-refractivity contribution in [1.82, 2.24) is 5.32 Å². The lowest BCUT2D eigenvalue weighted by Gasteiger charge is -2.14. The Morgan fingerprint density at radius 1 is 1.16 bits per heavy atom. The van der Waals surface area contributed by atoms with E-state index in [9.17, 15) is 4.79 Å². The van der Waals surface area contributed by atoms with Crippen molar-refractivity contribution in [2.75, 3.05) is 19.0 Å². The fourth-order valence-electron chi connectivity index (χ4n) is 2.54. The van der Waals surface area contributed by atoms with Gasteiger partial charge in [-0.05, 0) is 43.1 Å². The molecule has 2 aromatic rings. The fraction of sp³-hybridized carbons (Fsp3) is 0.350. The Morgan fingerprint density at radius 2 is 1.88 bits per heavy atom. The van der Waals surface area contributed by atoms with Crippen LogP contribution in [0.5, 0.6) is 5.75 Å². The summed E-state index contributed by atoms with van der Waals surface area (Å²) < 4.78 is 5.15. The summed E-state index contributed by atoms with van der Waals surface area (Å²) in [6.07, 6.45) is 1.29. The van der Waals surface area contributed by atoms with Crippen molar-refractivity contribution in [3.05, 3.63) is 59.7 Å². The van der Waals surface area contributed by atoms with Gasteiger partial charge in [0.2, 0.25) is 5.91 Å². The zero-order valence-corrected chi connectivity index (χ0v) is 14.8. The standard InChI is InChI=1S/C20H26N2O3/c1-15(21-11-10-16-6-8-17(14-23)9-7-16)12-20(24)22-18-4-3-5-19(13-18)25-2/h3-9,13,15,21,23H,10-12,14H2,1-2H3,(H,22,24). The molecule has 0 fully saturated rings. The van der Waals surface area contributed by atoms with Crippen LogP contribution >= 0.6 is 0 Å². The molecule has 2 aromatic carbocycles. The van der Waals surface area contributed by atoms with Gasteiger partial charge in [0.1, 0.15) is 5.75 Å². The van der Waals surface area contributed by atoms with Crippen LogP contribution in [0, 0.1) is 0 Å². The molecule has 0 saturated carbocycles. The Kier molecular flexibility index (Phi) is 7.44. The number of rotatable bonds is 9. The Bertz CT molecular complexity index is 671. The lowest BCUT2D eigenvalue weighted by atomic mass is 10.1. The molecule has 0 radical (unpaired) electrons. The van der Waals surface area contributed by atoms with Crippen LogP contribution in [0.25, 0.3) is 0 Å². The summed E-state index contributed by atoms with van der Waals surface area (Å²) in [6, 6.07) is 15.3. The summed E-state index contributed by atoms with van der Waals surface area (Å²) in [5.74, 6) is 0.691. The highest BCUT2D eigenvalue weighted by molar-refractivity contribution is 5.91. The predicted octanol–water partition coefficient (Wildman–Crippen LogP) is 2.74. The third kappa shape index (κ3) is 6.57. The summed E-state index contributed by atoms with van der Waals surface area (Å²) in [6.45, 7) is 2.87. The van der Waals surface area contributed by atoms with E-state index in [1.54, 1.807) is 13.2 Å². The number of hydrogen-bond donors (Lipinski definition) is 3. The van der Waals surface area contributed by atoms with Crippen LogP contribution in [0.1, 0.15) is 24.5 Å².